The zero-order chi connectivity index (χ0) is 17.6. The molecule has 1 aliphatic rings. The third-order valence-electron chi connectivity index (χ3n) is 4.47. The zero-order valence-electron chi connectivity index (χ0n) is 14.7. The van der Waals surface area contributed by atoms with Crippen LogP contribution >= 0.6 is 0 Å². The average Bonchev–Trinajstić information content (AvgIpc) is 2.62. The van der Waals surface area contributed by atoms with Crippen molar-refractivity contribution in [2.75, 3.05) is 13.1 Å². The topological polar surface area (TPSA) is 67.4 Å². The van der Waals surface area contributed by atoms with E-state index in [-0.39, 0.29) is 12.1 Å². The van der Waals surface area contributed by atoms with Gasteiger partial charge in [0.2, 0.25) is 0 Å². The van der Waals surface area contributed by atoms with E-state index in [1.54, 1.807) is 18.5 Å². The minimum atomic E-state index is -0.0191. The Kier molecular flexibility index (Phi) is 5.48. The molecule has 1 N–H and O–H groups in total. The summed E-state index contributed by atoms with van der Waals surface area (Å²) in [5.41, 5.74) is 3.59. The molecular formula is C19H24N4O2. The zero-order valence-corrected chi connectivity index (χ0v) is 14.7. The Hall–Kier alpha value is -2.63. The van der Waals surface area contributed by atoms with E-state index >= 15 is 0 Å². The first-order valence-electron chi connectivity index (χ1n) is 8.64. The number of carbonyl (C=O) groups is 1. The summed E-state index contributed by atoms with van der Waals surface area (Å²) in [5.74, 6) is 0. The van der Waals surface area contributed by atoms with Crippen LogP contribution in [0.2, 0.25) is 0 Å². The van der Waals surface area contributed by atoms with Crippen LogP contribution in [0.25, 0.3) is 0 Å². The number of hydrogen-bond donors (Lipinski definition) is 1. The van der Waals surface area contributed by atoms with E-state index in [0.29, 0.717) is 25.6 Å². The smallest absolute Gasteiger partial charge is 0.317 e. The van der Waals surface area contributed by atoms with Crippen LogP contribution in [0.5, 0.6) is 6.01 Å². The van der Waals surface area contributed by atoms with Crippen LogP contribution in [0, 0.1) is 13.8 Å². The van der Waals surface area contributed by atoms with Crippen LogP contribution in [0.15, 0.2) is 36.7 Å². The summed E-state index contributed by atoms with van der Waals surface area (Å²) in [6.45, 7) is 6.05. The molecule has 0 aliphatic carbocycles. The molecule has 1 saturated heterocycles. The highest BCUT2D eigenvalue weighted by molar-refractivity contribution is 5.74. The van der Waals surface area contributed by atoms with Gasteiger partial charge in [-0.25, -0.2) is 14.8 Å². The van der Waals surface area contributed by atoms with Crippen LogP contribution in [0.4, 0.5) is 4.79 Å². The molecular weight excluding hydrogens is 316 g/mol. The highest BCUT2D eigenvalue weighted by atomic mass is 16.5. The van der Waals surface area contributed by atoms with Gasteiger partial charge in [0.05, 0.1) is 0 Å². The summed E-state index contributed by atoms with van der Waals surface area (Å²) in [7, 11) is 0. The monoisotopic (exact) mass is 340 g/mol. The molecule has 2 amide bonds. The second kappa shape index (κ2) is 7.96. The summed E-state index contributed by atoms with van der Waals surface area (Å²) >= 11 is 0. The Morgan fingerprint density at radius 2 is 1.96 bits per heavy atom. The van der Waals surface area contributed by atoms with E-state index in [1.165, 1.54) is 11.1 Å². The Morgan fingerprint density at radius 1 is 1.24 bits per heavy atom. The highest BCUT2D eigenvalue weighted by Gasteiger charge is 2.24. The van der Waals surface area contributed by atoms with Gasteiger partial charge < -0.3 is 15.0 Å². The van der Waals surface area contributed by atoms with E-state index in [0.717, 1.165) is 18.4 Å². The standard InChI is InChI=1S/C19H24N4O2/c1-14-4-5-16(15(2)12-14)13-22-19(24)23-10-6-17(7-11-23)25-18-20-8-3-9-21-18/h3-5,8-9,12,17H,6-7,10-11,13H2,1-2H3,(H,22,24). The van der Waals surface area contributed by atoms with E-state index in [4.69, 9.17) is 4.74 Å². The van der Waals surface area contributed by atoms with Gasteiger partial charge in [-0.15, -0.1) is 0 Å². The molecule has 2 heterocycles. The molecule has 0 unspecified atom stereocenters. The van der Waals surface area contributed by atoms with Crippen molar-refractivity contribution in [2.45, 2.75) is 39.3 Å². The van der Waals surface area contributed by atoms with E-state index in [2.05, 4.69) is 47.3 Å². The molecule has 1 aliphatic heterocycles. The van der Waals surface area contributed by atoms with Gasteiger partial charge in [-0.3, -0.25) is 0 Å². The summed E-state index contributed by atoms with van der Waals surface area (Å²) in [6.07, 6.45) is 4.96. The van der Waals surface area contributed by atoms with Crippen molar-refractivity contribution in [3.8, 4) is 6.01 Å². The number of carbonyl (C=O) groups excluding carboxylic acids is 1. The second-order valence-corrected chi connectivity index (χ2v) is 6.42. The third kappa shape index (κ3) is 4.68. The van der Waals surface area contributed by atoms with Gasteiger partial charge in [0.25, 0.3) is 0 Å². The number of rotatable bonds is 4. The van der Waals surface area contributed by atoms with Gasteiger partial charge in [-0.05, 0) is 31.0 Å². The van der Waals surface area contributed by atoms with Crippen molar-refractivity contribution in [3.63, 3.8) is 0 Å². The minimum Gasteiger partial charge on any atom is -0.460 e. The molecule has 0 atom stereocenters. The minimum absolute atomic E-state index is 0.0191. The molecule has 132 valence electrons. The number of likely N-dealkylation sites (tertiary alicyclic amines) is 1. The molecule has 25 heavy (non-hydrogen) atoms. The quantitative estimate of drug-likeness (QED) is 0.929. The van der Waals surface area contributed by atoms with Crippen LogP contribution in [0.1, 0.15) is 29.5 Å². The fourth-order valence-corrected chi connectivity index (χ4v) is 3.00. The molecule has 3 rings (SSSR count). The number of nitrogens with zero attached hydrogens (tertiary/aromatic N) is 3. The summed E-state index contributed by atoms with van der Waals surface area (Å²) < 4.78 is 5.76. The molecule has 1 fully saturated rings. The van der Waals surface area contributed by atoms with Crippen LogP contribution < -0.4 is 10.1 Å². The number of aryl methyl sites for hydroxylation is 2. The van der Waals surface area contributed by atoms with Crippen molar-refractivity contribution in [2.24, 2.45) is 0 Å². The van der Waals surface area contributed by atoms with Gasteiger partial charge in [0.15, 0.2) is 0 Å². The number of urea groups is 1. The first-order chi connectivity index (χ1) is 12.1. The largest absolute Gasteiger partial charge is 0.460 e. The molecule has 0 saturated carbocycles. The lowest BCUT2D eigenvalue weighted by Crippen LogP contribution is -2.46. The number of benzene rings is 1. The van der Waals surface area contributed by atoms with Crippen molar-refractivity contribution >= 4 is 6.03 Å². The maximum atomic E-state index is 12.4. The number of ether oxygens (including phenoxy) is 1. The Morgan fingerprint density at radius 3 is 2.64 bits per heavy atom. The van der Waals surface area contributed by atoms with Crippen LogP contribution in [-0.4, -0.2) is 40.1 Å². The molecule has 6 heteroatoms. The summed E-state index contributed by atoms with van der Waals surface area (Å²) in [5, 5.41) is 3.01. The Bertz CT molecular complexity index is 713. The maximum absolute atomic E-state index is 12.4. The summed E-state index contributed by atoms with van der Waals surface area (Å²) in [6, 6.07) is 8.42. The van der Waals surface area contributed by atoms with E-state index < -0.39 is 0 Å². The van der Waals surface area contributed by atoms with Crippen molar-refractivity contribution in [3.05, 3.63) is 53.3 Å². The number of hydrogen-bond acceptors (Lipinski definition) is 4. The average molecular weight is 340 g/mol. The number of amides is 2. The van der Waals surface area contributed by atoms with E-state index in [9.17, 15) is 4.79 Å². The first-order valence-corrected chi connectivity index (χ1v) is 8.64. The summed E-state index contributed by atoms with van der Waals surface area (Å²) in [4.78, 5) is 22.4. The SMILES string of the molecule is Cc1ccc(CNC(=O)N2CCC(Oc3ncccn3)CC2)c(C)c1. The maximum Gasteiger partial charge on any atom is 0.317 e. The van der Waals surface area contributed by atoms with Crippen molar-refractivity contribution in [1.29, 1.82) is 0 Å². The highest BCUT2D eigenvalue weighted by Crippen LogP contribution is 2.16. The van der Waals surface area contributed by atoms with Gasteiger partial charge in [0, 0.05) is 44.9 Å². The third-order valence-corrected chi connectivity index (χ3v) is 4.47. The molecule has 0 spiro atoms. The van der Waals surface area contributed by atoms with Crippen LogP contribution in [-0.2, 0) is 6.54 Å². The van der Waals surface area contributed by atoms with Gasteiger partial charge in [-0.2, -0.15) is 0 Å². The molecule has 1 aromatic carbocycles. The molecule has 2 aromatic rings. The van der Waals surface area contributed by atoms with Crippen LogP contribution in [0.3, 0.4) is 0 Å². The number of piperidine rings is 1. The van der Waals surface area contributed by atoms with Gasteiger partial charge in [0.1, 0.15) is 6.10 Å². The Labute approximate surface area is 148 Å². The van der Waals surface area contributed by atoms with E-state index in [1.807, 2.05) is 4.90 Å². The lowest BCUT2D eigenvalue weighted by Gasteiger charge is -2.31. The fourth-order valence-electron chi connectivity index (χ4n) is 3.00. The number of aromatic nitrogens is 2. The lowest BCUT2D eigenvalue weighted by atomic mass is 10.1. The fraction of sp³-hybridized carbons (Fsp3) is 0.421. The van der Waals surface area contributed by atoms with Gasteiger partial charge in [-0.1, -0.05) is 23.8 Å². The molecule has 0 radical (unpaired) electrons. The Balaban J connectivity index is 1.45. The lowest BCUT2D eigenvalue weighted by molar-refractivity contribution is 0.103. The normalized spacial score (nSPS) is 15.0. The molecule has 0 bridgehead atoms. The second-order valence-electron chi connectivity index (χ2n) is 6.42. The molecule has 1 aromatic heterocycles. The first kappa shape index (κ1) is 17.2. The predicted octanol–water partition coefficient (Wildman–Crippen LogP) is 2.85. The van der Waals surface area contributed by atoms with Crippen molar-refractivity contribution < 1.29 is 9.53 Å². The predicted molar refractivity (Wildman–Crippen MR) is 95.4 cm³/mol. The van der Waals surface area contributed by atoms with Crippen molar-refractivity contribution in [1.82, 2.24) is 20.2 Å². The van der Waals surface area contributed by atoms with Gasteiger partial charge >= 0.3 is 12.0 Å². The molecule has 6 nitrogen and oxygen atoms in total. The number of nitrogens with one attached hydrogen (secondary N) is 1.